The van der Waals surface area contributed by atoms with E-state index in [1.54, 1.807) is 18.6 Å². The highest BCUT2D eigenvalue weighted by Gasteiger charge is 2.12. The van der Waals surface area contributed by atoms with Crippen molar-refractivity contribution >= 4 is 29.2 Å². The predicted molar refractivity (Wildman–Crippen MR) is 122 cm³/mol. The number of morpholine rings is 1. The first-order valence-corrected chi connectivity index (χ1v) is 10.3. The Hall–Kier alpha value is -2.88. The molecule has 0 radical (unpaired) electrons. The smallest absolute Gasteiger partial charge is 0.189 e. The van der Waals surface area contributed by atoms with E-state index in [1.807, 2.05) is 53.0 Å². The summed E-state index contributed by atoms with van der Waals surface area (Å²) in [5.41, 5.74) is 6.79. The van der Waals surface area contributed by atoms with Gasteiger partial charge in [-0.25, -0.2) is 4.98 Å². The molecule has 0 bridgehead atoms. The second kappa shape index (κ2) is 9.75. The number of hydrogen-bond acceptors (Lipinski definition) is 6. The largest absolute Gasteiger partial charge is 0.379 e. The predicted octanol–water partition coefficient (Wildman–Crippen LogP) is 1.87. The Balaban J connectivity index is 1.36. The van der Waals surface area contributed by atoms with Crippen molar-refractivity contribution in [2.45, 2.75) is 0 Å². The molecule has 30 heavy (non-hydrogen) atoms. The third-order valence-electron chi connectivity index (χ3n) is 5.09. The zero-order valence-electron chi connectivity index (χ0n) is 16.9. The average molecular weight is 424 g/mol. The maximum atomic E-state index is 5.45. The van der Waals surface area contributed by atoms with E-state index in [0.717, 1.165) is 61.9 Å². The summed E-state index contributed by atoms with van der Waals surface area (Å²) in [6.07, 6.45) is 9.17. The van der Waals surface area contributed by atoms with E-state index in [2.05, 4.69) is 25.4 Å². The topological polar surface area (TPSA) is 70.3 Å². The Morgan fingerprint density at radius 1 is 1.27 bits per heavy atom. The number of hydrogen-bond donors (Lipinski definition) is 1. The fraction of sp³-hybridized carbons (Fsp3) is 0.333. The second-order valence-electron chi connectivity index (χ2n) is 7.12. The van der Waals surface area contributed by atoms with Gasteiger partial charge in [-0.1, -0.05) is 6.07 Å². The molecule has 156 valence electrons. The van der Waals surface area contributed by atoms with Gasteiger partial charge in [0.1, 0.15) is 5.65 Å². The molecule has 0 aromatic carbocycles. The van der Waals surface area contributed by atoms with Crippen molar-refractivity contribution in [1.82, 2.24) is 29.6 Å². The number of pyridine rings is 2. The van der Waals surface area contributed by atoms with Gasteiger partial charge >= 0.3 is 0 Å². The average Bonchev–Trinajstić information content (AvgIpc) is 3.21. The lowest BCUT2D eigenvalue weighted by Crippen LogP contribution is -2.43. The van der Waals surface area contributed by atoms with Gasteiger partial charge in [0.15, 0.2) is 5.11 Å². The van der Waals surface area contributed by atoms with Gasteiger partial charge in [-0.2, -0.15) is 5.10 Å². The van der Waals surface area contributed by atoms with Gasteiger partial charge in [0.05, 0.1) is 31.3 Å². The molecule has 0 spiro atoms. The van der Waals surface area contributed by atoms with Crippen LogP contribution in [-0.4, -0.2) is 81.9 Å². The van der Waals surface area contributed by atoms with Gasteiger partial charge in [-0.15, -0.1) is 0 Å². The molecule has 4 heterocycles. The van der Waals surface area contributed by atoms with Crippen LogP contribution in [0, 0.1) is 0 Å². The Morgan fingerprint density at radius 3 is 2.93 bits per heavy atom. The number of imidazole rings is 1. The van der Waals surface area contributed by atoms with Crippen molar-refractivity contribution in [2.24, 2.45) is 5.10 Å². The van der Waals surface area contributed by atoms with Crippen LogP contribution in [0.5, 0.6) is 0 Å². The molecule has 1 saturated heterocycles. The van der Waals surface area contributed by atoms with E-state index in [0.29, 0.717) is 5.11 Å². The summed E-state index contributed by atoms with van der Waals surface area (Å²) < 4.78 is 7.38. The van der Waals surface area contributed by atoms with Crippen molar-refractivity contribution in [3.8, 4) is 11.1 Å². The van der Waals surface area contributed by atoms with E-state index in [4.69, 9.17) is 17.0 Å². The molecule has 1 N–H and O–H groups in total. The molecule has 0 unspecified atom stereocenters. The van der Waals surface area contributed by atoms with Gasteiger partial charge in [0.2, 0.25) is 0 Å². The molecule has 1 aliphatic heterocycles. The van der Waals surface area contributed by atoms with E-state index >= 15 is 0 Å². The van der Waals surface area contributed by atoms with Crippen molar-refractivity contribution in [2.75, 3.05) is 46.4 Å². The molecule has 0 saturated carbocycles. The SMILES string of the molecule is CN(CCN1CCOCC1)C(=S)NN=Cc1cnc2ccc(-c3cccnc3)cn12. The maximum Gasteiger partial charge on any atom is 0.189 e. The number of hydrazone groups is 1. The minimum atomic E-state index is 0.587. The Morgan fingerprint density at radius 2 is 2.13 bits per heavy atom. The zero-order valence-corrected chi connectivity index (χ0v) is 17.8. The molecule has 1 fully saturated rings. The number of nitrogens with zero attached hydrogens (tertiary/aromatic N) is 6. The molecular formula is C21H25N7OS. The summed E-state index contributed by atoms with van der Waals surface area (Å²) in [7, 11) is 1.97. The van der Waals surface area contributed by atoms with Crippen LogP contribution in [-0.2, 0) is 4.74 Å². The Bertz CT molecular complexity index is 1010. The summed E-state index contributed by atoms with van der Waals surface area (Å²) in [6, 6.07) is 7.98. The van der Waals surface area contributed by atoms with Gasteiger partial charge < -0.3 is 9.64 Å². The Labute approximate surface area is 181 Å². The number of nitrogens with one attached hydrogen (secondary N) is 1. The van der Waals surface area contributed by atoms with Crippen molar-refractivity contribution in [1.29, 1.82) is 0 Å². The van der Waals surface area contributed by atoms with E-state index in [-0.39, 0.29) is 0 Å². The first kappa shape index (κ1) is 20.4. The summed E-state index contributed by atoms with van der Waals surface area (Å²) in [4.78, 5) is 13.0. The second-order valence-corrected chi connectivity index (χ2v) is 7.51. The Kier molecular flexibility index (Phi) is 6.63. The van der Waals surface area contributed by atoms with Crippen molar-refractivity contribution < 1.29 is 4.74 Å². The molecule has 4 rings (SSSR count). The molecule has 9 heteroatoms. The zero-order chi connectivity index (χ0) is 20.8. The quantitative estimate of drug-likeness (QED) is 0.369. The summed E-state index contributed by atoms with van der Waals surface area (Å²) >= 11 is 5.45. The third-order valence-corrected chi connectivity index (χ3v) is 5.49. The van der Waals surface area contributed by atoms with Gasteiger partial charge in [-0.05, 0) is 30.4 Å². The van der Waals surface area contributed by atoms with Crippen LogP contribution in [0.4, 0.5) is 0 Å². The van der Waals surface area contributed by atoms with E-state index in [9.17, 15) is 0 Å². The van der Waals surface area contributed by atoms with Gasteiger partial charge in [0.25, 0.3) is 0 Å². The van der Waals surface area contributed by atoms with Crippen LogP contribution in [0.25, 0.3) is 16.8 Å². The molecule has 8 nitrogen and oxygen atoms in total. The number of likely N-dealkylation sites (N-methyl/N-ethyl adjacent to an activating group) is 1. The van der Waals surface area contributed by atoms with E-state index in [1.165, 1.54) is 0 Å². The molecule has 3 aromatic rings. The molecule has 0 amide bonds. The number of ether oxygens (including phenoxy) is 1. The van der Waals surface area contributed by atoms with Crippen LogP contribution in [0.1, 0.15) is 5.69 Å². The lowest BCUT2D eigenvalue weighted by Gasteiger charge is -2.29. The number of rotatable bonds is 6. The standard InChI is InChI=1S/C21H25N7OS/c1-26(7-8-27-9-11-29-12-10-27)21(30)25-24-15-19-14-23-20-5-4-18(16-28(19)20)17-3-2-6-22-13-17/h2-6,13-16H,7-12H2,1H3,(H,25,30). The number of aromatic nitrogens is 3. The highest BCUT2D eigenvalue weighted by molar-refractivity contribution is 7.80. The van der Waals surface area contributed by atoms with E-state index < -0.39 is 0 Å². The minimum absolute atomic E-state index is 0.587. The van der Waals surface area contributed by atoms with Crippen LogP contribution in [0.3, 0.4) is 0 Å². The molecule has 1 aliphatic rings. The maximum absolute atomic E-state index is 5.45. The summed E-state index contributed by atoms with van der Waals surface area (Å²) in [6.45, 7) is 5.35. The third kappa shape index (κ3) is 4.99. The highest BCUT2D eigenvalue weighted by atomic mass is 32.1. The fourth-order valence-corrected chi connectivity index (χ4v) is 3.40. The molecular weight excluding hydrogens is 398 g/mol. The van der Waals surface area contributed by atoms with Crippen LogP contribution >= 0.6 is 12.2 Å². The molecule has 0 atom stereocenters. The first-order chi connectivity index (χ1) is 14.7. The number of thiocarbonyl (C=S) groups is 1. The summed E-state index contributed by atoms with van der Waals surface area (Å²) in [5.74, 6) is 0. The van der Waals surface area contributed by atoms with Crippen molar-refractivity contribution in [3.63, 3.8) is 0 Å². The number of fused-ring (bicyclic) bond motifs is 1. The summed E-state index contributed by atoms with van der Waals surface area (Å²) in [5, 5.41) is 4.90. The molecule has 0 aliphatic carbocycles. The van der Waals surface area contributed by atoms with Gasteiger partial charge in [0, 0.05) is 62.9 Å². The van der Waals surface area contributed by atoms with Crippen LogP contribution in [0.2, 0.25) is 0 Å². The van der Waals surface area contributed by atoms with Crippen molar-refractivity contribution in [3.05, 3.63) is 54.7 Å². The van der Waals surface area contributed by atoms with Crippen LogP contribution < -0.4 is 5.43 Å². The van der Waals surface area contributed by atoms with Crippen LogP contribution in [0.15, 0.2) is 54.2 Å². The normalized spacial score (nSPS) is 15.0. The lowest BCUT2D eigenvalue weighted by atomic mass is 10.1. The molecule has 3 aromatic heterocycles. The minimum Gasteiger partial charge on any atom is -0.379 e. The fourth-order valence-electron chi connectivity index (χ4n) is 3.26. The van der Waals surface area contributed by atoms with Gasteiger partial charge in [-0.3, -0.25) is 19.7 Å². The monoisotopic (exact) mass is 423 g/mol. The lowest BCUT2D eigenvalue weighted by molar-refractivity contribution is 0.0365. The first-order valence-electron chi connectivity index (χ1n) is 9.92. The highest BCUT2D eigenvalue weighted by Crippen LogP contribution is 2.19.